The smallest absolute Gasteiger partial charge is 0.271 e. The van der Waals surface area contributed by atoms with E-state index in [-0.39, 0.29) is 16.2 Å². The molecule has 2 aromatic rings. The van der Waals surface area contributed by atoms with E-state index in [1.807, 2.05) is 0 Å². The number of hydrogen-bond acceptors (Lipinski definition) is 5. The molecular weight excluding hydrogens is 446 g/mol. The summed E-state index contributed by atoms with van der Waals surface area (Å²) in [6.07, 6.45) is 4.03. The van der Waals surface area contributed by atoms with Crippen LogP contribution in [0.3, 0.4) is 0 Å². The molecule has 148 valence electrons. The number of carbonyl (C=O) groups is 1. The minimum atomic E-state index is -3.62. The molecule has 1 aliphatic heterocycles. The first-order valence-electron chi connectivity index (χ1n) is 8.80. The predicted octanol–water partition coefficient (Wildman–Crippen LogP) is 3.09. The van der Waals surface area contributed by atoms with Crippen molar-refractivity contribution in [1.29, 1.82) is 0 Å². The van der Waals surface area contributed by atoms with Crippen LogP contribution < -0.4 is 5.43 Å². The summed E-state index contributed by atoms with van der Waals surface area (Å²) in [5.74, 6) is -0.516. The fraction of sp³-hybridized carbons (Fsp3) is 0.263. The quantitative estimate of drug-likeness (QED) is 0.523. The van der Waals surface area contributed by atoms with E-state index in [0.29, 0.717) is 18.7 Å². The Morgan fingerprint density at radius 3 is 2.64 bits per heavy atom. The number of carbonyl (C=O) groups excluding carboxylic acids is 1. The second-order valence-corrected chi connectivity index (χ2v) is 9.25. The molecule has 1 heterocycles. The number of hydrogen-bond donors (Lipinski definition) is 2. The standard InChI is InChI=1S/C19H20BrN3O4S/c20-16-7-8-18(24)15(11-16)13-21-22-19(25)14-5-4-6-17(12-14)28(26,27)23-9-2-1-3-10-23/h4-8,11-13,24H,1-3,9-10H2,(H,22,25). The van der Waals surface area contributed by atoms with Gasteiger partial charge in [0.25, 0.3) is 5.91 Å². The number of phenolic OH excluding ortho intramolecular Hbond substituents is 1. The lowest BCUT2D eigenvalue weighted by Gasteiger charge is -2.25. The van der Waals surface area contributed by atoms with Gasteiger partial charge < -0.3 is 5.11 Å². The molecule has 0 atom stereocenters. The van der Waals surface area contributed by atoms with Crippen LogP contribution in [0.4, 0.5) is 0 Å². The molecule has 3 rings (SSSR count). The van der Waals surface area contributed by atoms with E-state index < -0.39 is 15.9 Å². The largest absolute Gasteiger partial charge is 0.507 e. The molecule has 0 bridgehead atoms. The van der Waals surface area contributed by atoms with Gasteiger partial charge in [0.2, 0.25) is 10.0 Å². The molecule has 2 N–H and O–H groups in total. The van der Waals surface area contributed by atoms with Gasteiger partial charge in [-0.05, 0) is 49.2 Å². The number of hydrazone groups is 1. The number of nitrogens with one attached hydrogen (secondary N) is 1. The van der Waals surface area contributed by atoms with Gasteiger partial charge in [0.05, 0.1) is 11.1 Å². The van der Waals surface area contributed by atoms with Crippen LogP contribution in [0.5, 0.6) is 5.75 Å². The van der Waals surface area contributed by atoms with Gasteiger partial charge in [-0.2, -0.15) is 9.41 Å². The van der Waals surface area contributed by atoms with Crippen LogP contribution in [0.1, 0.15) is 35.2 Å². The van der Waals surface area contributed by atoms with Gasteiger partial charge >= 0.3 is 0 Å². The Morgan fingerprint density at radius 1 is 1.14 bits per heavy atom. The van der Waals surface area contributed by atoms with Crippen molar-refractivity contribution in [3.63, 3.8) is 0 Å². The first-order valence-corrected chi connectivity index (χ1v) is 11.0. The Labute approximate surface area is 172 Å². The van der Waals surface area contributed by atoms with Gasteiger partial charge in [0.15, 0.2) is 0 Å². The van der Waals surface area contributed by atoms with Crippen LogP contribution in [0, 0.1) is 0 Å². The summed E-state index contributed by atoms with van der Waals surface area (Å²) in [6.45, 7) is 0.998. The molecule has 0 radical (unpaired) electrons. The summed E-state index contributed by atoms with van der Waals surface area (Å²) in [5.41, 5.74) is 2.96. The molecular formula is C19H20BrN3O4S. The maximum Gasteiger partial charge on any atom is 0.271 e. The van der Waals surface area contributed by atoms with Crippen molar-refractivity contribution in [3.8, 4) is 5.75 Å². The molecule has 0 aromatic heterocycles. The van der Waals surface area contributed by atoms with Crippen molar-refractivity contribution >= 4 is 38.1 Å². The molecule has 28 heavy (non-hydrogen) atoms. The summed E-state index contributed by atoms with van der Waals surface area (Å²) in [6, 6.07) is 10.7. The van der Waals surface area contributed by atoms with Crippen LogP contribution in [0.15, 0.2) is 56.9 Å². The number of aromatic hydroxyl groups is 1. The Hall–Kier alpha value is -2.23. The number of phenols is 1. The summed E-state index contributed by atoms with van der Waals surface area (Å²) >= 11 is 3.29. The first kappa shape index (κ1) is 20.5. The van der Waals surface area contributed by atoms with Gasteiger partial charge in [0.1, 0.15) is 5.75 Å². The van der Waals surface area contributed by atoms with Crippen LogP contribution >= 0.6 is 15.9 Å². The third-order valence-corrected chi connectivity index (χ3v) is 6.80. The highest BCUT2D eigenvalue weighted by atomic mass is 79.9. The van der Waals surface area contributed by atoms with Crippen LogP contribution in [-0.2, 0) is 10.0 Å². The molecule has 1 saturated heterocycles. The van der Waals surface area contributed by atoms with E-state index in [9.17, 15) is 18.3 Å². The zero-order chi connectivity index (χ0) is 20.1. The minimum absolute atomic E-state index is 0.0239. The average Bonchev–Trinajstić information content (AvgIpc) is 2.71. The summed E-state index contributed by atoms with van der Waals surface area (Å²) in [5, 5.41) is 13.6. The lowest BCUT2D eigenvalue weighted by Crippen LogP contribution is -2.35. The maximum atomic E-state index is 12.8. The summed E-state index contributed by atoms with van der Waals surface area (Å²) in [7, 11) is -3.62. The molecule has 0 aliphatic carbocycles. The Kier molecular flexibility index (Phi) is 6.48. The second kappa shape index (κ2) is 8.85. The SMILES string of the molecule is O=C(NN=Cc1cc(Br)ccc1O)c1cccc(S(=O)(=O)N2CCCCC2)c1. The van der Waals surface area contributed by atoms with Crippen LogP contribution in [0.25, 0.3) is 0 Å². The van der Waals surface area contributed by atoms with Crippen molar-refractivity contribution in [3.05, 3.63) is 58.1 Å². The number of piperidine rings is 1. The molecule has 0 spiro atoms. The van der Waals surface area contributed by atoms with E-state index in [1.165, 1.54) is 40.9 Å². The summed E-state index contributed by atoms with van der Waals surface area (Å²) in [4.78, 5) is 12.4. The molecule has 7 nitrogen and oxygen atoms in total. The van der Waals surface area contributed by atoms with Gasteiger partial charge in [-0.15, -0.1) is 0 Å². The highest BCUT2D eigenvalue weighted by Crippen LogP contribution is 2.22. The molecule has 1 amide bonds. The lowest BCUT2D eigenvalue weighted by atomic mass is 10.2. The fourth-order valence-electron chi connectivity index (χ4n) is 2.91. The topological polar surface area (TPSA) is 99.1 Å². The van der Waals surface area contributed by atoms with E-state index in [4.69, 9.17) is 0 Å². The molecule has 1 aliphatic rings. The number of benzene rings is 2. The average molecular weight is 466 g/mol. The van der Waals surface area contributed by atoms with Crippen molar-refractivity contribution < 1.29 is 18.3 Å². The first-order chi connectivity index (χ1) is 13.4. The fourth-order valence-corrected chi connectivity index (χ4v) is 4.85. The molecule has 9 heteroatoms. The lowest BCUT2D eigenvalue weighted by molar-refractivity contribution is 0.0955. The molecule has 2 aromatic carbocycles. The van der Waals surface area contributed by atoms with Crippen molar-refractivity contribution in [2.75, 3.05) is 13.1 Å². The van der Waals surface area contributed by atoms with E-state index in [1.54, 1.807) is 12.1 Å². The monoisotopic (exact) mass is 465 g/mol. The Morgan fingerprint density at radius 2 is 1.89 bits per heavy atom. The molecule has 0 unspecified atom stereocenters. The normalized spacial score (nSPS) is 15.6. The summed E-state index contributed by atoms with van der Waals surface area (Å²) < 4.78 is 27.7. The zero-order valence-electron chi connectivity index (χ0n) is 15.0. The van der Waals surface area contributed by atoms with Crippen LogP contribution in [0.2, 0.25) is 0 Å². The van der Waals surface area contributed by atoms with Crippen LogP contribution in [-0.4, -0.2) is 43.0 Å². The number of nitrogens with zero attached hydrogens (tertiary/aromatic N) is 2. The van der Waals surface area contributed by atoms with E-state index >= 15 is 0 Å². The van der Waals surface area contributed by atoms with Crippen molar-refractivity contribution in [2.45, 2.75) is 24.2 Å². The zero-order valence-corrected chi connectivity index (χ0v) is 17.4. The van der Waals surface area contributed by atoms with Crippen molar-refractivity contribution in [1.82, 2.24) is 9.73 Å². The highest BCUT2D eigenvalue weighted by molar-refractivity contribution is 9.10. The van der Waals surface area contributed by atoms with E-state index in [2.05, 4.69) is 26.5 Å². The molecule has 1 fully saturated rings. The maximum absolute atomic E-state index is 12.8. The number of halogens is 1. The Bertz CT molecular complexity index is 1000. The Balaban J connectivity index is 1.73. The highest BCUT2D eigenvalue weighted by Gasteiger charge is 2.26. The van der Waals surface area contributed by atoms with Gasteiger partial charge in [-0.3, -0.25) is 4.79 Å². The molecule has 0 saturated carbocycles. The van der Waals surface area contributed by atoms with Crippen molar-refractivity contribution in [2.24, 2.45) is 5.10 Å². The minimum Gasteiger partial charge on any atom is -0.507 e. The van der Waals surface area contributed by atoms with Gasteiger partial charge in [0, 0.05) is 28.7 Å². The third kappa shape index (κ3) is 4.78. The van der Waals surface area contributed by atoms with E-state index in [0.717, 1.165) is 23.7 Å². The third-order valence-electron chi connectivity index (χ3n) is 4.41. The second-order valence-electron chi connectivity index (χ2n) is 6.39. The van der Waals surface area contributed by atoms with Gasteiger partial charge in [-0.1, -0.05) is 28.4 Å². The predicted molar refractivity (Wildman–Crippen MR) is 110 cm³/mol. The van der Waals surface area contributed by atoms with Gasteiger partial charge in [-0.25, -0.2) is 13.8 Å². The number of sulfonamides is 1. The number of rotatable bonds is 5. The number of amides is 1.